The highest BCUT2D eigenvalue weighted by Gasteiger charge is 2.39. The topological polar surface area (TPSA) is 54.2 Å². The summed E-state index contributed by atoms with van der Waals surface area (Å²) in [4.78, 5) is 2.43. The Morgan fingerprint density at radius 1 is 0.926 bits per heavy atom. The van der Waals surface area contributed by atoms with Gasteiger partial charge in [0.15, 0.2) is 5.82 Å². The number of piperidine rings is 1. The molecule has 1 aliphatic heterocycles. The SMILES string of the molecule is Cc1nnc(C2(O)CCN(CCc3ccccc3)CC2)n1-c1ccccc1. The molecule has 1 aromatic heterocycles. The van der Waals surface area contributed by atoms with Crippen molar-refractivity contribution in [1.82, 2.24) is 19.7 Å². The highest BCUT2D eigenvalue weighted by atomic mass is 16.3. The molecule has 1 saturated heterocycles. The van der Waals surface area contributed by atoms with Gasteiger partial charge in [-0.2, -0.15) is 0 Å². The summed E-state index contributed by atoms with van der Waals surface area (Å²) in [7, 11) is 0. The Morgan fingerprint density at radius 3 is 2.22 bits per heavy atom. The number of aliphatic hydroxyl groups is 1. The largest absolute Gasteiger partial charge is 0.382 e. The lowest BCUT2D eigenvalue weighted by atomic mass is 9.90. The molecule has 140 valence electrons. The van der Waals surface area contributed by atoms with Gasteiger partial charge in [-0.15, -0.1) is 10.2 Å². The highest BCUT2D eigenvalue weighted by Crippen LogP contribution is 2.33. The van der Waals surface area contributed by atoms with Crippen LogP contribution in [0.2, 0.25) is 0 Å². The number of hydrogen-bond donors (Lipinski definition) is 1. The quantitative estimate of drug-likeness (QED) is 0.758. The number of para-hydroxylation sites is 1. The second-order valence-corrected chi connectivity index (χ2v) is 7.35. The molecule has 2 heterocycles. The average Bonchev–Trinajstić information content (AvgIpc) is 3.11. The molecule has 0 aliphatic carbocycles. The molecular weight excluding hydrogens is 336 g/mol. The van der Waals surface area contributed by atoms with E-state index in [4.69, 9.17) is 0 Å². The molecule has 0 unspecified atom stereocenters. The lowest BCUT2D eigenvalue weighted by Crippen LogP contribution is -2.44. The Labute approximate surface area is 160 Å². The van der Waals surface area contributed by atoms with Crippen LogP contribution in [0, 0.1) is 6.92 Å². The van der Waals surface area contributed by atoms with Crippen molar-refractivity contribution in [2.45, 2.75) is 31.8 Å². The molecule has 1 N–H and O–H groups in total. The summed E-state index contributed by atoms with van der Waals surface area (Å²) in [5, 5.41) is 19.9. The van der Waals surface area contributed by atoms with Crippen LogP contribution < -0.4 is 0 Å². The third-order valence-corrected chi connectivity index (χ3v) is 5.50. The molecule has 3 aromatic rings. The Hall–Kier alpha value is -2.50. The lowest BCUT2D eigenvalue weighted by Gasteiger charge is -2.37. The van der Waals surface area contributed by atoms with Crippen LogP contribution in [-0.2, 0) is 12.0 Å². The Kier molecular flexibility index (Phi) is 5.05. The van der Waals surface area contributed by atoms with Gasteiger partial charge in [0.2, 0.25) is 0 Å². The third-order valence-electron chi connectivity index (χ3n) is 5.50. The maximum atomic E-state index is 11.4. The Morgan fingerprint density at radius 2 is 1.56 bits per heavy atom. The molecule has 5 heteroatoms. The normalized spacial score (nSPS) is 17.1. The van der Waals surface area contributed by atoms with Crippen molar-refractivity contribution in [3.8, 4) is 5.69 Å². The monoisotopic (exact) mass is 362 g/mol. The number of rotatable bonds is 5. The molecule has 27 heavy (non-hydrogen) atoms. The number of benzene rings is 2. The van der Waals surface area contributed by atoms with Gasteiger partial charge in [-0.25, -0.2) is 0 Å². The van der Waals surface area contributed by atoms with Crippen molar-refractivity contribution in [2.75, 3.05) is 19.6 Å². The molecule has 4 rings (SSSR count). The molecule has 0 bridgehead atoms. The fourth-order valence-corrected chi connectivity index (χ4v) is 3.85. The van der Waals surface area contributed by atoms with Crippen LogP contribution in [0.3, 0.4) is 0 Å². The van der Waals surface area contributed by atoms with Gasteiger partial charge in [0.25, 0.3) is 0 Å². The molecule has 1 aliphatic rings. The van der Waals surface area contributed by atoms with E-state index in [0.717, 1.165) is 37.6 Å². The summed E-state index contributed by atoms with van der Waals surface area (Å²) < 4.78 is 1.99. The molecule has 0 spiro atoms. The number of likely N-dealkylation sites (tertiary alicyclic amines) is 1. The first-order valence-electron chi connectivity index (χ1n) is 9.62. The van der Waals surface area contributed by atoms with E-state index in [1.165, 1.54) is 5.56 Å². The van der Waals surface area contributed by atoms with Gasteiger partial charge >= 0.3 is 0 Å². The zero-order valence-electron chi connectivity index (χ0n) is 15.8. The molecular formula is C22H26N4O. The maximum absolute atomic E-state index is 11.4. The van der Waals surface area contributed by atoms with Crippen LogP contribution in [0.5, 0.6) is 0 Å². The predicted molar refractivity (Wildman–Crippen MR) is 106 cm³/mol. The summed E-state index contributed by atoms with van der Waals surface area (Å²) in [6.45, 7) is 4.68. The lowest BCUT2D eigenvalue weighted by molar-refractivity contribution is -0.0340. The van der Waals surface area contributed by atoms with Gasteiger partial charge in [0.1, 0.15) is 11.4 Å². The standard InChI is InChI=1S/C22H26N4O/c1-18-23-24-21(26(18)20-10-6-3-7-11-20)22(27)13-16-25(17-14-22)15-12-19-8-4-2-5-9-19/h2-11,27H,12-17H2,1H3. The van der Waals surface area contributed by atoms with Gasteiger partial charge in [-0.3, -0.25) is 4.57 Å². The zero-order valence-corrected chi connectivity index (χ0v) is 15.8. The number of aryl methyl sites for hydroxylation is 1. The van der Waals surface area contributed by atoms with Crippen molar-refractivity contribution < 1.29 is 5.11 Å². The summed E-state index contributed by atoms with van der Waals surface area (Å²) in [5.41, 5.74) is 1.42. The third kappa shape index (κ3) is 3.80. The molecule has 5 nitrogen and oxygen atoms in total. The molecule has 0 amide bonds. The first-order valence-corrected chi connectivity index (χ1v) is 9.62. The van der Waals surface area contributed by atoms with Crippen LogP contribution >= 0.6 is 0 Å². The molecule has 1 fully saturated rings. The second-order valence-electron chi connectivity index (χ2n) is 7.35. The summed E-state index contributed by atoms with van der Waals surface area (Å²) in [6.07, 6.45) is 2.39. The van der Waals surface area contributed by atoms with E-state index in [-0.39, 0.29) is 0 Å². The van der Waals surface area contributed by atoms with Crippen LogP contribution in [-0.4, -0.2) is 44.4 Å². The fourth-order valence-electron chi connectivity index (χ4n) is 3.85. The maximum Gasteiger partial charge on any atom is 0.169 e. The van der Waals surface area contributed by atoms with Crippen molar-refractivity contribution in [2.24, 2.45) is 0 Å². The summed E-state index contributed by atoms with van der Waals surface area (Å²) >= 11 is 0. The van der Waals surface area contributed by atoms with Gasteiger partial charge in [0, 0.05) is 25.3 Å². The minimum atomic E-state index is -0.930. The van der Waals surface area contributed by atoms with Crippen molar-refractivity contribution in [3.63, 3.8) is 0 Å². The fraction of sp³-hybridized carbons (Fsp3) is 0.364. The van der Waals surface area contributed by atoms with Crippen LogP contribution in [0.4, 0.5) is 0 Å². The van der Waals surface area contributed by atoms with Gasteiger partial charge in [0.05, 0.1) is 0 Å². The Bertz CT molecular complexity index is 868. The van der Waals surface area contributed by atoms with Crippen molar-refractivity contribution in [3.05, 3.63) is 77.9 Å². The summed E-state index contributed by atoms with van der Waals surface area (Å²) in [6, 6.07) is 20.6. The predicted octanol–water partition coefficient (Wildman–Crippen LogP) is 3.10. The highest BCUT2D eigenvalue weighted by molar-refractivity contribution is 5.35. The van der Waals surface area contributed by atoms with Crippen LogP contribution in [0.15, 0.2) is 60.7 Å². The first kappa shape index (κ1) is 17.9. The van der Waals surface area contributed by atoms with E-state index in [1.807, 2.05) is 41.8 Å². The van der Waals surface area contributed by atoms with E-state index in [1.54, 1.807) is 0 Å². The van der Waals surface area contributed by atoms with E-state index in [0.29, 0.717) is 18.7 Å². The van der Waals surface area contributed by atoms with E-state index >= 15 is 0 Å². The zero-order chi connectivity index (χ0) is 18.7. The Balaban J connectivity index is 1.46. The van der Waals surface area contributed by atoms with Gasteiger partial charge in [-0.1, -0.05) is 48.5 Å². The van der Waals surface area contributed by atoms with E-state index < -0.39 is 5.60 Å². The number of aromatic nitrogens is 3. The number of hydrogen-bond acceptors (Lipinski definition) is 4. The molecule has 0 saturated carbocycles. The molecule has 0 atom stereocenters. The summed E-state index contributed by atoms with van der Waals surface area (Å²) in [5.74, 6) is 1.46. The van der Waals surface area contributed by atoms with Gasteiger partial charge < -0.3 is 10.0 Å². The molecule has 2 aromatic carbocycles. The van der Waals surface area contributed by atoms with E-state index in [9.17, 15) is 5.11 Å². The van der Waals surface area contributed by atoms with Crippen molar-refractivity contribution >= 4 is 0 Å². The van der Waals surface area contributed by atoms with Crippen LogP contribution in [0.1, 0.15) is 30.1 Å². The van der Waals surface area contributed by atoms with Gasteiger partial charge in [-0.05, 0) is 43.9 Å². The number of nitrogens with zero attached hydrogens (tertiary/aromatic N) is 4. The smallest absolute Gasteiger partial charge is 0.169 e. The first-order chi connectivity index (χ1) is 13.2. The second kappa shape index (κ2) is 7.62. The minimum absolute atomic E-state index is 0.661. The van der Waals surface area contributed by atoms with Crippen LogP contribution in [0.25, 0.3) is 5.69 Å². The average molecular weight is 362 g/mol. The minimum Gasteiger partial charge on any atom is -0.382 e. The van der Waals surface area contributed by atoms with E-state index in [2.05, 4.69) is 45.4 Å². The van der Waals surface area contributed by atoms with Crippen molar-refractivity contribution in [1.29, 1.82) is 0 Å². The molecule has 0 radical (unpaired) electrons.